The number of hydrazine groups is 1. The molecule has 0 amide bonds. The molecular weight excluding hydrogens is 188 g/mol. The van der Waals surface area contributed by atoms with Crippen molar-refractivity contribution < 1.29 is 8.78 Å². The molecule has 5 heteroatoms. The average molecular weight is 199 g/mol. The second-order valence-electron chi connectivity index (χ2n) is 2.63. The molecular formula is C9H11F2N3. The standard InChI is InChI=1S/C9H11F2N3/c1-2-13-9(14-12)6-3-7(10)5-8(11)4-6/h3-5H,2,12H2,1H3,(H,13,14). The van der Waals surface area contributed by atoms with E-state index in [0.717, 1.165) is 18.2 Å². The van der Waals surface area contributed by atoms with E-state index in [9.17, 15) is 8.78 Å². The largest absolute Gasteiger partial charge is 0.308 e. The van der Waals surface area contributed by atoms with E-state index in [1.54, 1.807) is 6.92 Å². The molecule has 0 atom stereocenters. The first-order chi connectivity index (χ1) is 6.67. The van der Waals surface area contributed by atoms with Crippen molar-refractivity contribution in [2.45, 2.75) is 6.92 Å². The molecule has 3 N–H and O–H groups in total. The van der Waals surface area contributed by atoms with Gasteiger partial charge in [0.1, 0.15) is 17.5 Å². The maximum atomic E-state index is 12.8. The summed E-state index contributed by atoms with van der Waals surface area (Å²) in [7, 11) is 0. The van der Waals surface area contributed by atoms with Crippen molar-refractivity contribution >= 4 is 5.84 Å². The Balaban J connectivity index is 3.10. The number of benzene rings is 1. The van der Waals surface area contributed by atoms with Gasteiger partial charge in [-0.05, 0) is 19.1 Å². The highest BCUT2D eigenvalue weighted by molar-refractivity contribution is 5.98. The minimum Gasteiger partial charge on any atom is -0.308 e. The third-order valence-corrected chi connectivity index (χ3v) is 1.59. The molecule has 14 heavy (non-hydrogen) atoms. The quantitative estimate of drug-likeness (QED) is 0.325. The highest BCUT2D eigenvalue weighted by atomic mass is 19.1. The first-order valence-corrected chi connectivity index (χ1v) is 4.15. The van der Waals surface area contributed by atoms with Gasteiger partial charge in [-0.15, -0.1) is 0 Å². The Bertz CT molecular complexity index is 330. The fourth-order valence-electron chi connectivity index (χ4n) is 1.07. The Morgan fingerprint density at radius 1 is 1.36 bits per heavy atom. The van der Waals surface area contributed by atoms with Crippen molar-refractivity contribution in [2.24, 2.45) is 10.8 Å². The molecule has 0 saturated carbocycles. The summed E-state index contributed by atoms with van der Waals surface area (Å²) in [5.41, 5.74) is 2.59. The fourth-order valence-corrected chi connectivity index (χ4v) is 1.07. The zero-order valence-corrected chi connectivity index (χ0v) is 7.72. The first kappa shape index (κ1) is 10.6. The van der Waals surface area contributed by atoms with Gasteiger partial charge in [0.05, 0.1) is 0 Å². The molecule has 0 spiro atoms. The number of hydrogen-bond acceptors (Lipinski definition) is 2. The molecule has 0 aliphatic heterocycles. The van der Waals surface area contributed by atoms with Crippen molar-refractivity contribution in [1.29, 1.82) is 0 Å². The van der Waals surface area contributed by atoms with Gasteiger partial charge in [-0.25, -0.2) is 14.6 Å². The number of nitrogens with two attached hydrogens (primary N) is 1. The maximum Gasteiger partial charge on any atom is 0.142 e. The minimum absolute atomic E-state index is 0.269. The molecule has 0 aliphatic carbocycles. The van der Waals surface area contributed by atoms with Crippen molar-refractivity contribution in [3.05, 3.63) is 35.4 Å². The van der Waals surface area contributed by atoms with E-state index < -0.39 is 11.6 Å². The van der Waals surface area contributed by atoms with Crippen LogP contribution in [-0.2, 0) is 0 Å². The first-order valence-electron chi connectivity index (χ1n) is 4.15. The molecule has 0 radical (unpaired) electrons. The molecule has 0 fully saturated rings. The number of halogens is 2. The van der Waals surface area contributed by atoms with Gasteiger partial charge in [-0.3, -0.25) is 4.99 Å². The van der Waals surface area contributed by atoms with Crippen LogP contribution in [0.4, 0.5) is 8.78 Å². The molecule has 0 unspecified atom stereocenters. The van der Waals surface area contributed by atoms with E-state index in [0.29, 0.717) is 12.1 Å². The van der Waals surface area contributed by atoms with Crippen LogP contribution in [-0.4, -0.2) is 12.4 Å². The second kappa shape index (κ2) is 4.66. The zero-order valence-electron chi connectivity index (χ0n) is 7.72. The molecule has 0 saturated heterocycles. The van der Waals surface area contributed by atoms with E-state index in [1.165, 1.54) is 0 Å². The zero-order chi connectivity index (χ0) is 10.6. The molecule has 1 rings (SSSR count). The van der Waals surface area contributed by atoms with Gasteiger partial charge in [-0.2, -0.15) is 0 Å². The fraction of sp³-hybridized carbons (Fsp3) is 0.222. The van der Waals surface area contributed by atoms with Gasteiger partial charge in [-0.1, -0.05) is 0 Å². The monoisotopic (exact) mass is 199 g/mol. The Morgan fingerprint density at radius 3 is 2.36 bits per heavy atom. The SMILES string of the molecule is CCN=C(NN)c1cc(F)cc(F)c1. The normalized spacial score (nSPS) is 11.6. The number of nitrogens with zero attached hydrogens (tertiary/aromatic N) is 1. The van der Waals surface area contributed by atoms with E-state index >= 15 is 0 Å². The number of rotatable bonds is 2. The lowest BCUT2D eigenvalue weighted by atomic mass is 10.2. The lowest BCUT2D eigenvalue weighted by Crippen LogP contribution is -2.31. The van der Waals surface area contributed by atoms with Crippen LogP contribution in [0.5, 0.6) is 0 Å². The van der Waals surface area contributed by atoms with Gasteiger partial charge < -0.3 is 5.43 Å². The van der Waals surface area contributed by atoms with Crippen molar-refractivity contribution in [3.63, 3.8) is 0 Å². The van der Waals surface area contributed by atoms with E-state index in [2.05, 4.69) is 10.4 Å². The number of hydrogen-bond donors (Lipinski definition) is 2. The van der Waals surface area contributed by atoms with Crippen LogP contribution in [0.2, 0.25) is 0 Å². The summed E-state index contributed by atoms with van der Waals surface area (Å²) in [6.07, 6.45) is 0. The Kier molecular flexibility index (Phi) is 3.53. The van der Waals surface area contributed by atoms with Crippen LogP contribution in [0.25, 0.3) is 0 Å². The molecule has 0 bridgehead atoms. The second-order valence-corrected chi connectivity index (χ2v) is 2.63. The number of nitrogens with one attached hydrogen (secondary N) is 1. The van der Waals surface area contributed by atoms with Crippen LogP contribution in [0.1, 0.15) is 12.5 Å². The van der Waals surface area contributed by atoms with Crippen molar-refractivity contribution in [2.75, 3.05) is 6.54 Å². The molecule has 0 heterocycles. The predicted octanol–water partition coefficient (Wildman–Crippen LogP) is 1.19. The highest BCUT2D eigenvalue weighted by Gasteiger charge is 2.05. The summed E-state index contributed by atoms with van der Waals surface area (Å²) in [4.78, 5) is 3.94. The van der Waals surface area contributed by atoms with Gasteiger partial charge in [0.15, 0.2) is 0 Å². The topological polar surface area (TPSA) is 50.4 Å². The van der Waals surface area contributed by atoms with E-state index in [4.69, 9.17) is 5.84 Å². The summed E-state index contributed by atoms with van der Waals surface area (Å²) < 4.78 is 25.6. The maximum absolute atomic E-state index is 12.8. The minimum atomic E-state index is -0.654. The summed E-state index contributed by atoms with van der Waals surface area (Å²) in [6.45, 7) is 2.28. The van der Waals surface area contributed by atoms with Crippen LogP contribution < -0.4 is 11.3 Å². The summed E-state index contributed by atoms with van der Waals surface area (Å²) in [5.74, 6) is 4.13. The predicted molar refractivity (Wildman–Crippen MR) is 50.8 cm³/mol. The summed E-state index contributed by atoms with van der Waals surface area (Å²) in [5, 5.41) is 0. The third-order valence-electron chi connectivity index (χ3n) is 1.59. The molecule has 76 valence electrons. The molecule has 1 aromatic rings. The van der Waals surface area contributed by atoms with Crippen molar-refractivity contribution in [3.8, 4) is 0 Å². The lowest BCUT2D eigenvalue weighted by molar-refractivity contribution is 0.582. The van der Waals surface area contributed by atoms with Gasteiger partial charge in [0.25, 0.3) is 0 Å². The lowest BCUT2D eigenvalue weighted by Gasteiger charge is -2.05. The summed E-state index contributed by atoms with van der Waals surface area (Å²) >= 11 is 0. The van der Waals surface area contributed by atoms with Gasteiger partial charge >= 0.3 is 0 Å². The van der Waals surface area contributed by atoms with Crippen LogP contribution in [0.3, 0.4) is 0 Å². The van der Waals surface area contributed by atoms with Crippen LogP contribution in [0, 0.1) is 11.6 Å². The molecule has 3 nitrogen and oxygen atoms in total. The van der Waals surface area contributed by atoms with Crippen molar-refractivity contribution in [1.82, 2.24) is 5.43 Å². The number of amidine groups is 1. The smallest absolute Gasteiger partial charge is 0.142 e. The van der Waals surface area contributed by atoms with E-state index in [1.807, 2.05) is 0 Å². The Hall–Kier alpha value is -1.49. The van der Waals surface area contributed by atoms with E-state index in [-0.39, 0.29) is 5.84 Å². The number of aliphatic imine (C=N–C) groups is 1. The van der Waals surface area contributed by atoms with Gasteiger partial charge in [0.2, 0.25) is 0 Å². The van der Waals surface area contributed by atoms with Crippen LogP contribution in [0.15, 0.2) is 23.2 Å². The highest BCUT2D eigenvalue weighted by Crippen LogP contribution is 2.08. The van der Waals surface area contributed by atoms with Crippen LogP contribution >= 0.6 is 0 Å². The molecule has 0 aromatic heterocycles. The Labute approximate surface area is 80.6 Å². The Morgan fingerprint density at radius 2 is 1.93 bits per heavy atom. The third kappa shape index (κ3) is 2.50. The van der Waals surface area contributed by atoms with Gasteiger partial charge in [0, 0.05) is 18.2 Å². The molecule has 0 aliphatic rings. The average Bonchev–Trinajstić information content (AvgIpc) is 2.12. The summed E-state index contributed by atoms with van der Waals surface area (Å²) in [6, 6.07) is 3.12. The molecule has 1 aromatic carbocycles.